The Hall–Kier alpha value is -3.48. The minimum atomic E-state index is -0.270. The summed E-state index contributed by atoms with van der Waals surface area (Å²) in [5, 5.41) is 3.15. The van der Waals surface area contributed by atoms with Crippen molar-refractivity contribution in [3.05, 3.63) is 52.2 Å². The van der Waals surface area contributed by atoms with Crippen LogP contribution in [0.25, 0.3) is 5.57 Å². The van der Waals surface area contributed by atoms with E-state index in [1.54, 1.807) is 31.4 Å². The van der Waals surface area contributed by atoms with Gasteiger partial charge >= 0.3 is 0 Å². The molecule has 0 saturated carbocycles. The first-order valence-electron chi connectivity index (χ1n) is 9.14. The highest BCUT2D eigenvalue weighted by molar-refractivity contribution is 6.41. The Labute approximate surface area is 168 Å². The van der Waals surface area contributed by atoms with Crippen LogP contribution < -0.4 is 24.3 Å². The molecule has 0 aromatic heterocycles. The quantitative estimate of drug-likeness (QED) is 0.852. The van der Waals surface area contributed by atoms with Gasteiger partial charge in [0.05, 0.1) is 45.3 Å². The second kappa shape index (κ2) is 7.16. The molecule has 150 valence electrons. The van der Waals surface area contributed by atoms with Crippen molar-refractivity contribution in [1.82, 2.24) is 5.32 Å². The second-order valence-electron chi connectivity index (χ2n) is 6.64. The molecular formula is C22H21NO6. The summed E-state index contributed by atoms with van der Waals surface area (Å²) in [5.41, 5.74) is 2.56. The summed E-state index contributed by atoms with van der Waals surface area (Å²) in [4.78, 5) is 26.8. The number of rotatable bonds is 4. The Morgan fingerprint density at radius 3 is 2.21 bits per heavy atom. The molecule has 29 heavy (non-hydrogen) atoms. The van der Waals surface area contributed by atoms with E-state index in [1.807, 2.05) is 0 Å². The van der Waals surface area contributed by atoms with Crippen LogP contribution in [-0.4, -0.2) is 46.6 Å². The molecule has 0 fully saturated rings. The number of hydrogen-bond donors (Lipinski definition) is 1. The highest BCUT2D eigenvalue weighted by Crippen LogP contribution is 2.47. The second-order valence-corrected chi connectivity index (χ2v) is 6.64. The van der Waals surface area contributed by atoms with Crippen LogP contribution in [0.3, 0.4) is 0 Å². The molecule has 0 bridgehead atoms. The first-order valence-corrected chi connectivity index (χ1v) is 9.14. The van der Waals surface area contributed by atoms with Crippen molar-refractivity contribution in [2.45, 2.75) is 6.42 Å². The van der Waals surface area contributed by atoms with Crippen LogP contribution in [0.15, 0.2) is 30.0 Å². The molecule has 0 amide bonds. The summed E-state index contributed by atoms with van der Waals surface area (Å²) in [6, 6.07) is 6.76. The van der Waals surface area contributed by atoms with Crippen LogP contribution in [0.4, 0.5) is 0 Å². The van der Waals surface area contributed by atoms with Crippen molar-refractivity contribution in [3.8, 4) is 23.0 Å². The van der Waals surface area contributed by atoms with Gasteiger partial charge in [-0.3, -0.25) is 9.59 Å². The SMILES string of the molecule is COc1cc2c(c(OC)c1OC)CCNC1=C2C(=O)c2cccc(OC)c2C1=O. The van der Waals surface area contributed by atoms with Crippen LogP contribution in [0, 0.1) is 0 Å². The van der Waals surface area contributed by atoms with Gasteiger partial charge in [-0.25, -0.2) is 0 Å². The highest BCUT2D eigenvalue weighted by Gasteiger charge is 2.38. The molecule has 0 atom stereocenters. The maximum absolute atomic E-state index is 13.5. The standard InChI is InChI=1S/C22H21NO6/c1-26-14-7-5-6-12-16(14)20(25)18-17(19(12)24)13-10-15(27-2)22(29-4)21(28-3)11(13)8-9-23-18/h5-7,10,23H,8-9H2,1-4H3. The van der Waals surface area contributed by atoms with Crippen molar-refractivity contribution in [3.63, 3.8) is 0 Å². The number of nitrogens with one attached hydrogen (secondary N) is 1. The third-order valence-electron chi connectivity index (χ3n) is 5.30. The summed E-state index contributed by atoms with van der Waals surface area (Å²) < 4.78 is 21.9. The molecule has 7 heteroatoms. The lowest BCUT2D eigenvalue weighted by Gasteiger charge is -2.23. The maximum Gasteiger partial charge on any atom is 0.214 e. The molecule has 1 N–H and O–H groups in total. The number of carbonyl (C=O) groups excluding carboxylic acids is 2. The Kier molecular flexibility index (Phi) is 4.66. The van der Waals surface area contributed by atoms with Crippen molar-refractivity contribution < 1.29 is 28.5 Å². The van der Waals surface area contributed by atoms with E-state index >= 15 is 0 Å². The Balaban J connectivity index is 2.03. The van der Waals surface area contributed by atoms with Gasteiger partial charge in [-0.2, -0.15) is 0 Å². The Morgan fingerprint density at radius 1 is 0.828 bits per heavy atom. The van der Waals surface area contributed by atoms with Gasteiger partial charge < -0.3 is 24.3 Å². The van der Waals surface area contributed by atoms with E-state index < -0.39 is 0 Å². The lowest BCUT2D eigenvalue weighted by atomic mass is 9.82. The molecule has 1 heterocycles. The maximum atomic E-state index is 13.5. The minimum absolute atomic E-state index is 0.251. The first kappa shape index (κ1) is 18.9. The average molecular weight is 395 g/mol. The van der Waals surface area contributed by atoms with Gasteiger partial charge in [-0.05, 0) is 24.1 Å². The molecule has 0 saturated heterocycles. The number of benzene rings is 2. The van der Waals surface area contributed by atoms with Gasteiger partial charge in [-0.15, -0.1) is 0 Å². The number of carbonyl (C=O) groups is 2. The molecule has 2 aliphatic rings. The average Bonchev–Trinajstić information content (AvgIpc) is 2.95. The summed E-state index contributed by atoms with van der Waals surface area (Å²) in [5.74, 6) is 1.23. The van der Waals surface area contributed by atoms with E-state index in [0.717, 1.165) is 5.56 Å². The van der Waals surface area contributed by atoms with Crippen molar-refractivity contribution >= 4 is 17.1 Å². The molecule has 0 radical (unpaired) electrons. The van der Waals surface area contributed by atoms with Gasteiger partial charge in [0.15, 0.2) is 17.3 Å². The monoisotopic (exact) mass is 395 g/mol. The largest absolute Gasteiger partial charge is 0.496 e. The van der Waals surface area contributed by atoms with Crippen LogP contribution in [0.2, 0.25) is 0 Å². The number of allylic oxidation sites excluding steroid dienone is 2. The topological polar surface area (TPSA) is 83.1 Å². The van der Waals surface area contributed by atoms with Crippen molar-refractivity contribution in [1.29, 1.82) is 0 Å². The lowest BCUT2D eigenvalue weighted by molar-refractivity contribution is 0.0983. The van der Waals surface area contributed by atoms with Gasteiger partial charge in [0.2, 0.25) is 11.5 Å². The van der Waals surface area contributed by atoms with Crippen LogP contribution in [-0.2, 0) is 6.42 Å². The highest BCUT2D eigenvalue weighted by atomic mass is 16.5. The van der Waals surface area contributed by atoms with E-state index in [4.69, 9.17) is 18.9 Å². The third kappa shape index (κ3) is 2.65. The zero-order chi connectivity index (χ0) is 20.7. The number of ether oxygens (including phenoxy) is 4. The van der Waals surface area contributed by atoms with Gasteiger partial charge in [0.1, 0.15) is 5.75 Å². The zero-order valence-electron chi connectivity index (χ0n) is 16.7. The number of fused-ring (bicyclic) bond motifs is 3. The fourth-order valence-electron chi connectivity index (χ4n) is 4.04. The fraction of sp³-hybridized carbons (Fsp3) is 0.273. The summed E-state index contributed by atoms with van der Waals surface area (Å²) in [6.07, 6.45) is 0.542. The molecule has 1 aliphatic heterocycles. The summed E-state index contributed by atoms with van der Waals surface area (Å²) >= 11 is 0. The molecular weight excluding hydrogens is 374 g/mol. The minimum Gasteiger partial charge on any atom is -0.496 e. The third-order valence-corrected chi connectivity index (χ3v) is 5.30. The van der Waals surface area contributed by atoms with E-state index in [1.165, 1.54) is 21.3 Å². The predicted molar refractivity (Wildman–Crippen MR) is 106 cm³/mol. The van der Waals surface area contributed by atoms with E-state index in [2.05, 4.69) is 5.32 Å². The van der Waals surface area contributed by atoms with Crippen LogP contribution >= 0.6 is 0 Å². The molecule has 7 nitrogen and oxygen atoms in total. The molecule has 2 aromatic rings. The normalized spacial score (nSPS) is 14.9. The number of methoxy groups -OCH3 is 4. The lowest BCUT2D eigenvalue weighted by Crippen LogP contribution is -2.29. The number of hydrogen-bond acceptors (Lipinski definition) is 7. The van der Waals surface area contributed by atoms with Crippen LogP contribution in [0.5, 0.6) is 23.0 Å². The van der Waals surface area contributed by atoms with E-state index in [0.29, 0.717) is 52.7 Å². The van der Waals surface area contributed by atoms with E-state index in [-0.39, 0.29) is 22.8 Å². The Bertz CT molecular complexity index is 1070. The Morgan fingerprint density at radius 2 is 1.55 bits per heavy atom. The summed E-state index contributed by atoms with van der Waals surface area (Å²) in [7, 11) is 6.07. The fourth-order valence-corrected chi connectivity index (χ4v) is 4.04. The number of Topliss-reactive ketones (excluding diaryl/α,β-unsaturated/α-hetero) is 2. The predicted octanol–water partition coefficient (Wildman–Crippen LogP) is 2.66. The summed E-state index contributed by atoms with van der Waals surface area (Å²) in [6.45, 7) is 0.460. The number of ketones is 2. The van der Waals surface area contributed by atoms with Crippen LogP contribution in [0.1, 0.15) is 31.8 Å². The van der Waals surface area contributed by atoms with E-state index in [9.17, 15) is 9.59 Å². The van der Waals surface area contributed by atoms with Gasteiger partial charge in [-0.1, -0.05) is 12.1 Å². The molecule has 1 aliphatic carbocycles. The molecule has 0 unspecified atom stereocenters. The smallest absolute Gasteiger partial charge is 0.214 e. The van der Waals surface area contributed by atoms with Crippen molar-refractivity contribution in [2.24, 2.45) is 0 Å². The van der Waals surface area contributed by atoms with Gasteiger partial charge in [0.25, 0.3) is 0 Å². The molecule has 2 aromatic carbocycles. The van der Waals surface area contributed by atoms with Crippen molar-refractivity contribution in [2.75, 3.05) is 35.0 Å². The molecule has 0 spiro atoms. The first-order chi connectivity index (χ1) is 14.1. The van der Waals surface area contributed by atoms with Gasteiger partial charge in [0, 0.05) is 17.7 Å². The molecule has 4 rings (SSSR count). The zero-order valence-corrected chi connectivity index (χ0v) is 16.7.